The van der Waals surface area contributed by atoms with Gasteiger partial charge in [-0.15, -0.1) is 0 Å². The monoisotopic (exact) mass is 327 g/mol. The van der Waals surface area contributed by atoms with Crippen molar-refractivity contribution >= 4 is 10.1 Å². The van der Waals surface area contributed by atoms with Gasteiger partial charge in [-0.25, -0.2) is 0 Å². The third-order valence-electron chi connectivity index (χ3n) is 2.76. The van der Waals surface area contributed by atoms with E-state index in [4.69, 9.17) is 18.5 Å². The summed E-state index contributed by atoms with van der Waals surface area (Å²) in [5, 5.41) is 0. The largest absolute Gasteiger partial charge is 0.485 e. The highest BCUT2D eigenvalue weighted by Gasteiger charge is 2.15. The van der Waals surface area contributed by atoms with Gasteiger partial charge in [0.05, 0.1) is 18.3 Å². The first-order valence-corrected chi connectivity index (χ1v) is 8.31. The summed E-state index contributed by atoms with van der Waals surface area (Å²) >= 11 is 0. The maximum absolute atomic E-state index is 11.2. The minimum Gasteiger partial charge on any atom is -0.485 e. The number of ether oxygens (including phenoxy) is 1. The van der Waals surface area contributed by atoms with Crippen molar-refractivity contribution in [1.29, 1.82) is 0 Å². The molecule has 0 spiro atoms. The second kappa shape index (κ2) is 7.42. The lowest BCUT2D eigenvalue weighted by molar-refractivity contribution is 0.165. The Labute approximate surface area is 141 Å². The van der Waals surface area contributed by atoms with Gasteiger partial charge in [0.15, 0.2) is 0 Å². The summed E-state index contributed by atoms with van der Waals surface area (Å²) in [4.78, 5) is 0. The first-order valence-electron chi connectivity index (χ1n) is 9.99. The molecular formula is C17H20O4S. The molecule has 2 aromatic carbocycles. The summed E-state index contributed by atoms with van der Waals surface area (Å²) in [6.07, 6.45) is -0.00931. The van der Waals surface area contributed by atoms with Crippen molar-refractivity contribution in [3.63, 3.8) is 0 Å². The highest BCUT2D eigenvalue weighted by Crippen LogP contribution is 2.27. The minimum atomic E-state index is -3.70. The van der Waals surface area contributed by atoms with Crippen molar-refractivity contribution in [2.45, 2.75) is 19.4 Å². The van der Waals surface area contributed by atoms with Crippen LogP contribution >= 0.6 is 0 Å². The van der Waals surface area contributed by atoms with Gasteiger partial charge in [-0.1, -0.05) is 48.5 Å². The minimum absolute atomic E-state index is 0.000254. The molecule has 0 aliphatic rings. The Kier molecular flexibility index (Phi) is 3.15. The lowest BCUT2D eigenvalue weighted by atomic mass is 10.1. The Bertz CT molecular complexity index is 976. The van der Waals surface area contributed by atoms with E-state index < -0.39 is 58.6 Å². The fourth-order valence-corrected chi connectivity index (χ4v) is 2.20. The molecule has 1 unspecified atom stereocenters. The van der Waals surface area contributed by atoms with Crippen LogP contribution in [0.25, 0.3) is 0 Å². The zero-order valence-corrected chi connectivity index (χ0v) is 12.7. The van der Waals surface area contributed by atoms with Gasteiger partial charge in [-0.2, -0.15) is 8.42 Å². The zero-order valence-electron chi connectivity index (χ0n) is 18.9. The van der Waals surface area contributed by atoms with Gasteiger partial charge in [0, 0.05) is 10.5 Å². The molecule has 0 aliphatic heterocycles. The van der Waals surface area contributed by atoms with E-state index >= 15 is 0 Å². The molecule has 2 rings (SSSR count). The third kappa shape index (κ3) is 5.16. The highest BCUT2D eigenvalue weighted by molar-refractivity contribution is 7.85. The second-order valence-corrected chi connectivity index (χ2v) is 6.18. The maximum Gasteiger partial charge on any atom is 0.264 e. The molecule has 0 aliphatic carbocycles. The zero-order chi connectivity index (χ0) is 22.0. The quantitative estimate of drug-likeness (QED) is 0.731. The van der Waals surface area contributed by atoms with E-state index in [1.807, 2.05) is 0 Å². The summed E-state index contributed by atoms with van der Waals surface area (Å²) in [6.45, 7) is -3.11. The van der Waals surface area contributed by atoms with Crippen LogP contribution in [0.2, 0.25) is 0 Å². The van der Waals surface area contributed by atoms with Crippen LogP contribution in [0.3, 0.4) is 0 Å². The topological polar surface area (TPSA) is 52.6 Å². The van der Waals surface area contributed by atoms with Crippen molar-refractivity contribution in [1.82, 2.24) is 0 Å². The van der Waals surface area contributed by atoms with E-state index in [0.29, 0.717) is 5.56 Å². The van der Waals surface area contributed by atoms with Crippen LogP contribution in [0.5, 0.6) is 5.75 Å². The van der Waals surface area contributed by atoms with Crippen LogP contribution in [0.15, 0.2) is 54.5 Å². The van der Waals surface area contributed by atoms with E-state index in [1.165, 1.54) is 0 Å². The van der Waals surface area contributed by atoms with Crippen LogP contribution in [0.4, 0.5) is 0 Å². The summed E-state index contributed by atoms with van der Waals surface area (Å²) in [6, 6.07) is 5.86. The molecule has 0 saturated heterocycles. The normalized spacial score (nSPS) is 18.0. The molecule has 2 aromatic rings. The predicted molar refractivity (Wildman–Crippen MR) is 86.4 cm³/mol. The fraction of sp³-hybridized carbons (Fsp3) is 0.294. The number of hydrogen-bond donors (Lipinski definition) is 0. The summed E-state index contributed by atoms with van der Waals surface area (Å²) in [5.41, 5.74) is -0.0676. The molecule has 0 radical (unpaired) electrons. The molecule has 1 atom stereocenters. The van der Waals surface area contributed by atoms with Crippen molar-refractivity contribution < 1.29 is 26.9 Å². The Morgan fingerprint density at radius 1 is 1.23 bits per heavy atom. The molecule has 0 amide bonds. The van der Waals surface area contributed by atoms with E-state index in [-0.39, 0.29) is 13.0 Å². The average molecular weight is 327 g/mol. The van der Waals surface area contributed by atoms with Gasteiger partial charge in [-0.05, 0) is 24.0 Å². The van der Waals surface area contributed by atoms with Crippen molar-refractivity contribution in [3.05, 3.63) is 65.6 Å². The number of hydrogen-bond acceptors (Lipinski definition) is 4. The number of benzene rings is 2. The van der Waals surface area contributed by atoms with Gasteiger partial charge in [0.25, 0.3) is 10.1 Å². The Morgan fingerprint density at radius 2 is 1.95 bits per heavy atom. The lowest BCUT2D eigenvalue weighted by Crippen LogP contribution is -2.13. The van der Waals surface area contributed by atoms with Crippen molar-refractivity contribution in [2.24, 2.45) is 0 Å². The molecule has 0 N–H and O–H groups in total. The molecule has 0 bridgehead atoms. The van der Waals surface area contributed by atoms with Crippen LogP contribution in [-0.2, 0) is 14.3 Å². The number of rotatable bonds is 7. The van der Waals surface area contributed by atoms with Gasteiger partial charge in [-0.3, -0.25) is 4.18 Å². The van der Waals surface area contributed by atoms with Crippen molar-refractivity contribution in [3.8, 4) is 5.75 Å². The Balaban J connectivity index is 2.52. The summed E-state index contributed by atoms with van der Waals surface area (Å²) in [5.74, 6) is -0.496. The predicted octanol–water partition coefficient (Wildman–Crippen LogP) is 3.48. The molecule has 0 aromatic heterocycles. The van der Waals surface area contributed by atoms with Gasteiger partial charge < -0.3 is 4.74 Å². The molecule has 0 fully saturated rings. The number of para-hydroxylation sites is 1. The first kappa shape index (κ1) is 9.33. The van der Waals surface area contributed by atoms with Crippen LogP contribution < -0.4 is 4.74 Å². The third-order valence-corrected chi connectivity index (χ3v) is 3.36. The van der Waals surface area contributed by atoms with Gasteiger partial charge in [0.1, 0.15) is 11.9 Å². The summed E-state index contributed by atoms with van der Waals surface area (Å²) in [7, 11) is -3.70. The van der Waals surface area contributed by atoms with Crippen LogP contribution in [0.1, 0.15) is 33.2 Å². The second-order valence-electron chi connectivity index (χ2n) is 4.54. The van der Waals surface area contributed by atoms with E-state index in [1.54, 1.807) is 30.3 Å². The van der Waals surface area contributed by atoms with E-state index in [2.05, 4.69) is 0 Å². The molecular weight excluding hydrogens is 300 g/mol. The standard InChI is InChI=1S/C17H20O4S/c1-14-8-6-7-11-16(14)21-17(12-13-20-22(2,18)19)15-9-4-3-5-10-15/h3-11,17H,12-13H2,1-2H3/i1D3,6D,7D,8D,11D. The Hall–Kier alpha value is -1.85. The first-order chi connectivity index (χ1) is 13.3. The van der Waals surface area contributed by atoms with Gasteiger partial charge >= 0.3 is 0 Å². The van der Waals surface area contributed by atoms with E-state index in [0.717, 1.165) is 6.26 Å². The van der Waals surface area contributed by atoms with E-state index in [9.17, 15) is 8.42 Å². The lowest BCUT2D eigenvalue weighted by Gasteiger charge is -2.20. The molecule has 0 heterocycles. The fourth-order valence-electron chi connectivity index (χ4n) is 1.80. The van der Waals surface area contributed by atoms with Crippen molar-refractivity contribution in [2.75, 3.05) is 12.9 Å². The van der Waals surface area contributed by atoms with Crippen LogP contribution in [-0.4, -0.2) is 21.3 Å². The average Bonchev–Trinajstić information content (AvgIpc) is 2.62. The molecule has 22 heavy (non-hydrogen) atoms. The summed E-state index contributed by atoms with van der Waals surface area (Å²) < 4.78 is 87.7. The molecule has 4 nitrogen and oxygen atoms in total. The van der Waals surface area contributed by atoms with Crippen LogP contribution in [0, 0.1) is 6.85 Å². The van der Waals surface area contributed by atoms with Gasteiger partial charge in [0.2, 0.25) is 0 Å². The maximum atomic E-state index is 11.2. The highest BCUT2D eigenvalue weighted by atomic mass is 32.2. The SMILES string of the molecule is [2H]c1c([2H])c([2H])c(C([2H])([2H])[2H])c(OC(CCOS(C)(=O)=O)c2ccccc2)c1[2H]. The Morgan fingerprint density at radius 3 is 2.64 bits per heavy atom. The molecule has 0 saturated carbocycles. The molecule has 118 valence electrons. The molecule has 5 heteroatoms. The smallest absolute Gasteiger partial charge is 0.264 e.